The summed E-state index contributed by atoms with van der Waals surface area (Å²) < 4.78 is 0. The predicted molar refractivity (Wildman–Crippen MR) is 69.9 cm³/mol. The average Bonchev–Trinajstić information content (AvgIpc) is 2.28. The molecule has 0 aliphatic heterocycles. The molecule has 1 amide bonds. The minimum atomic E-state index is -1.18. The molecule has 1 aromatic carbocycles. The number of carbonyl (C=O) groups is 2. The fraction of sp³-hybridized carbons (Fsp3) is 0.333. The van der Waals surface area contributed by atoms with Crippen LogP contribution in [0.2, 0.25) is 5.02 Å². The number of rotatable bonds is 5. The molecule has 5 nitrogen and oxygen atoms in total. The lowest BCUT2D eigenvalue weighted by atomic mass is 10.1. The Bertz CT molecular complexity index is 463. The van der Waals surface area contributed by atoms with Crippen molar-refractivity contribution in [2.24, 2.45) is 11.7 Å². The number of amides is 1. The third-order valence-corrected chi connectivity index (χ3v) is 2.75. The maximum Gasteiger partial charge on any atom is 0.339 e. The zero-order valence-corrected chi connectivity index (χ0v) is 10.7. The molecule has 0 aliphatic rings. The standard InChI is InChI=1S/C12H15ClN2O3/c1-7(6-14)5-10(16)15-9-4-2-3-8(13)11(9)12(17)18/h2-4,7H,5-6,14H2,1H3,(H,15,16)(H,17,18). The molecule has 1 rings (SSSR count). The molecule has 6 heteroatoms. The highest BCUT2D eigenvalue weighted by molar-refractivity contribution is 6.34. The SMILES string of the molecule is CC(CN)CC(=O)Nc1cccc(Cl)c1C(=O)O. The topological polar surface area (TPSA) is 92.4 Å². The molecular weight excluding hydrogens is 256 g/mol. The van der Waals surface area contributed by atoms with Crippen LogP contribution >= 0.6 is 11.6 Å². The maximum atomic E-state index is 11.7. The third-order valence-electron chi connectivity index (χ3n) is 2.44. The van der Waals surface area contributed by atoms with Gasteiger partial charge in [-0.2, -0.15) is 0 Å². The Labute approximate surface area is 110 Å². The Balaban J connectivity index is 2.88. The molecule has 0 saturated carbocycles. The van der Waals surface area contributed by atoms with Crippen molar-refractivity contribution in [2.75, 3.05) is 11.9 Å². The minimum Gasteiger partial charge on any atom is -0.478 e. The molecule has 0 fully saturated rings. The van der Waals surface area contributed by atoms with E-state index in [2.05, 4.69) is 5.32 Å². The highest BCUT2D eigenvalue weighted by Gasteiger charge is 2.16. The molecule has 4 N–H and O–H groups in total. The zero-order valence-electron chi connectivity index (χ0n) is 9.94. The molecule has 98 valence electrons. The van der Waals surface area contributed by atoms with Gasteiger partial charge < -0.3 is 16.2 Å². The van der Waals surface area contributed by atoms with Crippen LogP contribution in [0.5, 0.6) is 0 Å². The lowest BCUT2D eigenvalue weighted by Gasteiger charge is -2.11. The van der Waals surface area contributed by atoms with E-state index in [4.69, 9.17) is 22.4 Å². The van der Waals surface area contributed by atoms with Crippen LogP contribution in [0.25, 0.3) is 0 Å². The largest absolute Gasteiger partial charge is 0.478 e. The fourth-order valence-electron chi connectivity index (χ4n) is 1.45. The van der Waals surface area contributed by atoms with E-state index in [1.807, 2.05) is 6.92 Å². The molecule has 0 aromatic heterocycles. The number of carbonyl (C=O) groups excluding carboxylic acids is 1. The van der Waals surface area contributed by atoms with Crippen molar-refractivity contribution in [2.45, 2.75) is 13.3 Å². The molecule has 1 unspecified atom stereocenters. The second-order valence-corrected chi connectivity index (χ2v) is 4.47. The number of hydrogen-bond acceptors (Lipinski definition) is 3. The van der Waals surface area contributed by atoms with Crippen molar-refractivity contribution in [1.82, 2.24) is 0 Å². The third kappa shape index (κ3) is 3.72. The van der Waals surface area contributed by atoms with Gasteiger partial charge in [0.2, 0.25) is 5.91 Å². The smallest absolute Gasteiger partial charge is 0.339 e. The normalized spacial score (nSPS) is 11.9. The van der Waals surface area contributed by atoms with E-state index in [9.17, 15) is 9.59 Å². The molecule has 0 bridgehead atoms. The zero-order chi connectivity index (χ0) is 13.7. The molecule has 0 spiro atoms. The summed E-state index contributed by atoms with van der Waals surface area (Å²) in [5.41, 5.74) is 5.52. The Morgan fingerprint density at radius 3 is 2.72 bits per heavy atom. The molecule has 1 aromatic rings. The van der Waals surface area contributed by atoms with Gasteiger partial charge >= 0.3 is 5.97 Å². The summed E-state index contributed by atoms with van der Waals surface area (Å²) in [5.74, 6) is -1.42. The first-order valence-electron chi connectivity index (χ1n) is 5.47. The molecular formula is C12H15ClN2O3. The minimum absolute atomic E-state index is 0.0393. The van der Waals surface area contributed by atoms with Gasteiger partial charge in [-0.3, -0.25) is 4.79 Å². The average molecular weight is 271 g/mol. The van der Waals surface area contributed by atoms with Crippen LogP contribution in [0.4, 0.5) is 5.69 Å². The van der Waals surface area contributed by atoms with Gasteiger partial charge in [-0.15, -0.1) is 0 Å². The number of anilines is 1. The summed E-state index contributed by atoms with van der Waals surface area (Å²) in [4.78, 5) is 22.7. The molecule has 0 radical (unpaired) electrons. The maximum absolute atomic E-state index is 11.7. The van der Waals surface area contributed by atoms with E-state index in [1.54, 1.807) is 6.07 Å². The predicted octanol–water partition coefficient (Wildman–Crippen LogP) is 1.96. The van der Waals surface area contributed by atoms with Gasteiger partial charge in [0, 0.05) is 6.42 Å². The second-order valence-electron chi connectivity index (χ2n) is 4.06. The Kier molecular flexibility index (Phi) is 5.12. The highest BCUT2D eigenvalue weighted by atomic mass is 35.5. The van der Waals surface area contributed by atoms with Gasteiger partial charge in [0.1, 0.15) is 5.56 Å². The van der Waals surface area contributed by atoms with Gasteiger partial charge in [-0.1, -0.05) is 24.6 Å². The molecule has 0 heterocycles. The molecule has 0 aliphatic carbocycles. The number of benzene rings is 1. The van der Waals surface area contributed by atoms with Crippen molar-refractivity contribution >= 4 is 29.2 Å². The number of nitrogens with one attached hydrogen (secondary N) is 1. The highest BCUT2D eigenvalue weighted by Crippen LogP contribution is 2.24. The van der Waals surface area contributed by atoms with Crippen LogP contribution in [0.3, 0.4) is 0 Å². The van der Waals surface area contributed by atoms with Crippen molar-refractivity contribution in [1.29, 1.82) is 0 Å². The van der Waals surface area contributed by atoms with Gasteiger partial charge in [0.25, 0.3) is 0 Å². The van der Waals surface area contributed by atoms with Crippen molar-refractivity contribution in [3.05, 3.63) is 28.8 Å². The summed E-state index contributed by atoms with van der Waals surface area (Å²) in [7, 11) is 0. The van der Waals surface area contributed by atoms with E-state index >= 15 is 0 Å². The summed E-state index contributed by atoms with van der Waals surface area (Å²) in [6.45, 7) is 2.24. The van der Waals surface area contributed by atoms with Gasteiger partial charge in [-0.25, -0.2) is 4.79 Å². The number of carboxylic acids is 1. The van der Waals surface area contributed by atoms with E-state index < -0.39 is 5.97 Å². The van der Waals surface area contributed by atoms with Gasteiger partial charge in [-0.05, 0) is 24.6 Å². The van der Waals surface area contributed by atoms with Crippen molar-refractivity contribution in [3.63, 3.8) is 0 Å². The number of carboxylic acid groups (broad SMARTS) is 1. The second kappa shape index (κ2) is 6.37. The quantitative estimate of drug-likeness (QED) is 0.762. The lowest BCUT2D eigenvalue weighted by molar-refractivity contribution is -0.116. The van der Waals surface area contributed by atoms with Gasteiger partial charge in [0.05, 0.1) is 10.7 Å². The van der Waals surface area contributed by atoms with Crippen LogP contribution in [0, 0.1) is 5.92 Å². The number of aromatic carboxylic acids is 1. The first kappa shape index (κ1) is 14.5. The summed E-state index contributed by atoms with van der Waals surface area (Å²) >= 11 is 5.79. The number of hydrogen-bond donors (Lipinski definition) is 3. The van der Waals surface area contributed by atoms with E-state index in [-0.39, 0.29) is 34.5 Å². The Hall–Kier alpha value is -1.59. The van der Waals surface area contributed by atoms with Gasteiger partial charge in [0.15, 0.2) is 0 Å². The molecule has 18 heavy (non-hydrogen) atoms. The Morgan fingerprint density at radius 2 is 2.17 bits per heavy atom. The number of halogens is 1. The van der Waals surface area contributed by atoms with E-state index in [0.717, 1.165) is 0 Å². The summed E-state index contributed by atoms with van der Waals surface area (Å²) in [6.07, 6.45) is 0.238. The Morgan fingerprint density at radius 1 is 1.50 bits per heavy atom. The summed E-state index contributed by atoms with van der Waals surface area (Å²) in [5, 5.41) is 11.7. The number of nitrogens with two attached hydrogens (primary N) is 1. The summed E-state index contributed by atoms with van der Waals surface area (Å²) in [6, 6.07) is 4.54. The van der Waals surface area contributed by atoms with E-state index in [1.165, 1.54) is 12.1 Å². The van der Waals surface area contributed by atoms with Crippen LogP contribution in [-0.2, 0) is 4.79 Å². The van der Waals surface area contributed by atoms with Crippen LogP contribution < -0.4 is 11.1 Å². The fourth-order valence-corrected chi connectivity index (χ4v) is 1.70. The first-order chi connectivity index (χ1) is 8.45. The van der Waals surface area contributed by atoms with Crippen LogP contribution in [0.15, 0.2) is 18.2 Å². The van der Waals surface area contributed by atoms with Crippen LogP contribution in [-0.4, -0.2) is 23.5 Å². The lowest BCUT2D eigenvalue weighted by Crippen LogP contribution is -2.21. The van der Waals surface area contributed by atoms with Crippen molar-refractivity contribution in [3.8, 4) is 0 Å². The van der Waals surface area contributed by atoms with E-state index in [0.29, 0.717) is 6.54 Å². The molecule has 0 saturated heterocycles. The first-order valence-corrected chi connectivity index (χ1v) is 5.85. The van der Waals surface area contributed by atoms with Crippen LogP contribution in [0.1, 0.15) is 23.7 Å². The van der Waals surface area contributed by atoms with Crippen molar-refractivity contribution < 1.29 is 14.7 Å². The molecule has 1 atom stereocenters. The monoisotopic (exact) mass is 270 g/mol.